The van der Waals surface area contributed by atoms with Crippen molar-refractivity contribution >= 4 is 23.6 Å². The van der Waals surface area contributed by atoms with E-state index in [4.69, 9.17) is 10.4 Å². The van der Waals surface area contributed by atoms with Gasteiger partial charge in [0.15, 0.2) is 0 Å². The van der Waals surface area contributed by atoms with E-state index in [-0.39, 0.29) is 23.0 Å². The van der Waals surface area contributed by atoms with Crippen molar-refractivity contribution in [1.82, 2.24) is 5.32 Å². The van der Waals surface area contributed by atoms with Crippen molar-refractivity contribution in [3.05, 3.63) is 35.4 Å². The smallest absolute Gasteiger partial charge is 0.335 e. The van der Waals surface area contributed by atoms with Crippen molar-refractivity contribution < 1.29 is 14.7 Å². The molecule has 0 aliphatic rings. The molecule has 19 heavy (non-hydrogen) atoms. The van der Waals surface area contributed by atoms with Crippen LogP contribution in [0, 0.1) is 11.3 Å². The highest BCUT2D eigenvalue weighted by Gasteiger charge is 2.08. The molecule has 0 saturated heterocycles. The molecule has 100 valence electrons. The molecule has 1 amide bonds. The molecule has 0 radical (unpaired) electrons. The average molecular weight is 278 g/mol. The SMILES string of the molecule is N#CCSCC(=O)NCCc1ccccc1C(=O)O. The highest BCUT2D eigenvalue weighted by Crippen LogP contribution is 2.09. The Morgan fingerprint density at radius 2 is 2.11 bits per heavy atom. The molecule has 1 aromatic carbocycles. The van der Waals surface area contributed by atoms with E-state index in [2.05, 4.69) is 5.32 Å². The zero-order valence-corrected chi connectivity index (χ0v) is 11.1. The van der Waals surface area contributed by atoms with Gasteiger partial charge in [-0.1, -0.05) is 18.2 Å². The fraction of sp³-hybridized carbons (Fsp3) is 0.308. The molecular formula is C13H14N2O3S. The quantitative estimate of drug-likeness (QED) is 0.734. The van der Waals surface area contributed by atoms with E-state index in [1.54, 1.807) is 24.3 Å². The molecular weight excluding hydrogens is 264 g/mol. The Hall–Kier alpha value is -2.00. The highest BCUT2D eigenvalue weighted by molar-refractivity contribution is 8.00. The zero-order chi connectivity index (χ0) is 14.1. The van der Waals surface area contributed by atoms with Crippen molar-refractivity contribution in [2.75, 3.05) is 18.1 Å². The monoisotopic (exact) mass is 278 g/mol. The van der Waals surface area contributed by atoms with Crippen molar-refractivity contribution in [3.8, 4) is 6.07 Å². The van der Waals surface area contributed by atoms with Crippen LogP contribution in [0.15, 0.2) is 24.3 Å². The van der Waals surface area contributed by atoms with E-state index in [1.807, 2.05) is 6.07 Å². The molecule has 0 fully saturated rings. The molecule has 1 rings (SSSR count). The minimum Gasteiger partial charge on any atom is -0.478 e. The Balaban J connectivity index is 2.39. The number of carboxylic acid groups (broad SMARTS) is 1. The normalized spacial score (nSPS) is 9.63. The van der Waals surface area contributed by atoms with Gasteiger partial charge in [-0.2, -0.15) is 5.26 Å². The largest absolute Gasteiger partial charge is 0.478 e. The Bertz CT molecular complexity index is 497. The number of amides is 1. The number of rotatable bonds is 7. The third-order valence-corrected chi connectivity index (χ3v) is 3.16. The van der Waals surface area contributed by atoms with E-state index in [9.17, 15) is 9.59 Å². The number of carbonyl (C=O) groups excluding carboxylic acids is 1. The van der Waals surface area contributed by atoms with Gasteiger partial charge in [-0.05, 0) is 18.1 Å². The van der Waals surface area contributed by atoms with Crippen molar-refractivity contribution in [3.63, 3.8) is 0 Å². The van der Waals surface area contributed by atoms with Crippen molar-refractivity contribution in [1.29, 1.82) is 5.26 Å². The maximum absolute atomic E-state index is 11.4. The van der Waals surface area contributed by atoms with Gasteiger partial charge in [0.2, 0.25) is 5.91 Å². The van der Waals surface area contributed by atoms with E-state index < -0.39 is 5.97 Å². The van der Waals surface area contributed by atoms with Gasteiger partial charge in [-0.25, -0.2) is 4.79 Å². The molecule has 0 aliphatic carbocycles. The summed E-state index contributed by atoms with van der Waals surface area (Å²) in [4.78, 5) is 22.3. The maximum Gasteiger partial charge on any atom is 0.335 e. The number of aromatic carboxylic acids is 1. The van der Waals surface area contributed by atoms with Gasteiger partial charge in [-0.15, -0.1) is 11.8 Å². The summed E-state index contributed by atoms with van der Waals surface area (Å²) in [6.45, 7) is 0.385. The summed E-state index contributed by atoms with van der Waals surface area (Å²) >= 11 is 1.25. The summed E-state index contributed by atoms with van der Waals surface area (Å²) in [5.41, 5.74) is 0.954. The minimum atomic E-state index is -0.966. The van der Waals surface area contributed by atoms with Crippen LogP contribution in [-0.2, 0) is 11.2 Å². The summed E-state index contributed by atoms with van der Waals surface area (Å²) in [7, 11) is 0. The average Bonchev–Trinajstić information content (AvgIpc) is 2.39. The zero-order valence-electron chi connectivity index (χ0n) is 10.3. The van der Waals surface area contributed by atoms with Gasteiger partial charge in [0, 0.05) is 6.54 Å². The standard InChI is InChI=1S/C13H14N2O3S/c14-6-8-19-9-12(16)15-7-5-10-3-1-2-4-11(10)13(17)18/h1-4H,5,7-9H2,(H,15,16)(H,17,18). The van der Waals surface area contributed by atoms with Crippen LogP contribution in [0.4, 0.5) is 0 Å². The van der Waals surface area contributed by atoms with Crippen LogP contribution in [0.5, 0.6) is 0 Å². The lowest BCUT2D eigenvalue weighted by atomic mass is 10.0. The van der Waals surface area contributed by atoms with Gasteiger partial charge in [0.05, 0.1) is 23.1 Å². The Labute approximate surface area is 115 Å². The van der Waals surface area contributed by atoms with Crippen LogP contribution in [0.1, 0.15) is 15.9 Å². The lowest BCUT2D eigenvalue weighted by molar-refractivity contribution is -0.118. The second kappa shape index (κ2) is 8.16. The van der Waals surface area contributed by atoms with E-state index in [0.29, 0.717) is 18.5 Å². The number of nitrogens with zero attached hydrogens (tertiary/aromatic N) is 1. The highest BCUT2D eigenvalue weighted by atomic mass is 32.2. The molecule has 0 unspecified atom stereocenters. The van der Waals surface area contributed by atoms with Crippen LogP contribution in [0.2, 0.25) is 0 Å². The number of hydrogen-bond donors (Lipinski definition) is 2. The van der Waals surface area contributed by atoms with Gasteiger partial charge in [0.25, 0.3) is 0 Å². The molecule has 0 bridgehead atoms. The predicted molar refractivity (Wildman–Crippen MR) is 73.1 cm³/mol. The molecule has 2 N–H and O–H groups in total. The second-order valence-corrected chi connectivity index (χ2v) is 4.70. The number of nitriles is 1. The first-order chi connectivity index (χ1) is 9.15. The first-order valence-corrected chi connectivity index (χ1v) is 6.83. The number of thioether (sulfide) groups is 1. The third-order valence-electron chi connectivity index (χ3n) is 2.36. The van der Waals surface area contributed by atoms with Crippen LogP contribution in [0.25, 0.3) is 0 Å². The fourth-order valence-corrected chi connectivity index (χ4v) is 2.00. The van der Waals surface area contributed by atoms with E-state index in [1.165, 1.54) is 11.8 Å². The molecule has 0 heterocycles. The molecule has 1 aromatic rings. The third kappa shape index (κ3) is 5.44. The molecule has 5 nitrogen and oxygen atoms in total. The number of carboxylic acids is 1. The second-order valence-electron chi connectivity index (χ2n) is 3.71. The van der Waals surface area contributed by atoms with Gasteiger partial charge in [0.1, 0.15) is 0 Å². The van der Waals surface area contributed by atoms with Crippen LogP contribution >= 0.6 is 11.8 Å². The molecule has 0 atom stereocenters. The number of carbonyl (C=O) groups is 2. The van der Waals surface area contributed by atoms with Crippen LogP contribution in [-0.4, -0.2) is 35.0 Å². The topological polar surface area (TPSA) is 90.2 Å². The first-order valence-electron chi connectivity index (χ1n) is 5.67. The lowest BCUT2D eigenvalue weighted by Gasteiger charge is -2.07. The Morgan fingerprint density at radius 1 is 1.37 bits per heavy atom. The van der Waals surface area contributed by atoms with Gasteiger partial charge < -0.3 is 10.4 Å². The predicted octanol–water partition coefficient (Wildman–Crippen LogP) is 1.30. The van der Waals surface area contributed by atoms with E-state index in [0.717, 1.165) is 0 Å². The number of hydrogen-bond acceptors (Lipinski definition) is 4. The van der Waals surface area contributed by atoms with E-state index >= 15 is 0 Å². The molecule has 0 aliphatic heterocycles. The van der Waals surface area contributed by atoms with Crippen molar-refractivity contribution in [2.24, 2.45) is 0 Å². The molecule has 6 heteroatoms. The number of nitrogens with one attached hydrogen (secondary N) is 1. The fourth-order valence-electron chi connectivity index (χ4n) is 1.52. The molecule has 0 spiro atoms. The minimum absolute atomic E-state index is 0.145. The maximum atomic E-state index is 11.4. The summed E-state index contributed by atoms with van der Waals surface area (Å²) < 4.78 is 0. The first kappa shape index (κ1) is 15.1. The van der Waals surface area contributed by atoms with Crippen LogP contribution < -0.4 is 5.32 Å². The summed E-state index contributed by atoms with van der Waals surface area (Å²) in [6, 6.07) is 8.66. The summed E-state index contributed by atoms with van der Waals surface area (Å²) in [6.07, 6.45) is 0.469. The summed E-state index contributed by atoms with van der Waals surface area (Å²) in [5.74, 6) is -0.580. The number of benzene rings is 1. The molecule has 0 saturated carbocycles. The summed E-state index contributed by atoms with van der Waals surface area (Å²) in [5, 5.41) is 20.0. The molecule has 0 aromatic heterocycles. The van der Waals surface area contributed by atoms with Crippen LogP contribution in [0.3, 0.4) is 0 Å². The Morgan fingerprint density at radius 3 is 2.79 bits per heavy atom. The van der Waals surface area contributed by atoms with Crippen molar-refractivity contribution in [2.45, 2.75) is 6.42 Å². The Kier molecular flexibility index (Phi) is 6.47. The van der Waals surface area contributed by atoms with Gasteiger partial charge >= 0.3 is 5.97 Å². The van der Waals surface area contributed by atoms with Gasteiger partial charge in [-0.3, -0.25) is 4.79 Å². The lowest BCUT2D eigenvalue weighted by Crippen LogP contribution is -2.27.